The van der Waals surface area contributed by atoms with E-state index in [0.29, 0.717) is 0 Å². The molecule has 8 heteroatoms. The van der Waals surface area contributed by atoms with Crippen molar-refractivity contribution in [2.45, 2.75) is 8.18 Å². The summed E-state index contributed by atoms with van der Waals surface area (Å²) in [7, 11) is 9.78. The van der Waals surface area contributed by atoms with E-state index in [9.17, 15) is 0 Å². The summed E-state index contributed by atoms with van der Waals surface area (Å²) in [6.07, 6.45) is 0. The minimum absolute atomic E-state index is 0.812. The Morgan fingerprint density at radius 2 is 0.864 bits per heavy atom. The van der Waals surface area contributed by atoms with Gasteiger partial charge in [0.05, 0.1) is 0 Å². The molecule has 6 nitrogen and oxygen atoms in total. The van der Waals surface area contributed by atoms with E-state index in [2.05, 4.69) is 0 Å². The van der Waals surface area contributed by atoms with Gasteiger partial charge in [0.1, 0.15) is 0 Å². The van der Waals surface area contributed by atoms with E-state index in [1.165, 1.54) is 0 Å². The Balaban J connectivity index is 3.17. The van der Waals surface area contributed by atoms with Crippen molar-refractivity contribution in [3.05, 3.63) is 35.4 Å². The summed E-state index contributed by atoms with van der Waals surface area (Å²) in [5.41, 5.74) is 1.81. The first-order valence-electron chi connectivity index (χ1n) is 6.50. The van der Waals surface area contributed by atoms with Crippen LogP contribution >= 0.6 is 0 Å². The van der Waals surface area contributed by atoms with E-state index >= 15 is 0 Å². The average molecular weight is 382 g/mol. The molecule has 0 saturated carbocycles. The summed E-state index contributed by atoms with van der Waals surface area (Å²) in [6, 6.07) is 7.78. The predicted octanol–water partition coefficient (Wildman–Crippen LogP) is 1.78. The van der Waals surface area contributed by atoms with Gasteiger partial charge in [-0.2, -0.15) is 0 Å². The van der Waals surface area contributed by atoms with Crippen molar-refractivity contribution in [2.75, 3.05) is 42.7 Å². The first kappa shape index (κ1) is 20.5. The van der Waals surface area contributed by atoms with Crippen LogP contribution in [0.1, 0.15) is 11.1 Å². The van der Waals surface area contributed by atoms with Gasteiger partial charge in [-0.05, 0) is 0 Å². The fourth-order valence-electron chi connectivity index (χ4n) is 2.10. The third-order valence-corrected chi connectivity index (χ3v) is 6.92. The molecular formula is C14H22O6Ti2. The van der Waals surface area contributed by atoms with E-state index in [1.54, 1.807) is 42.7 Å². The normalized spacial score (nSPS) is 12.3. The summed E-state index contributed by atoms with van der Waals surface area (Å²) in [5.74, 6) is 0. The second-order valence-electron chi connectivity index (χ2n) is 4.24. The van der Waals surface area contributed by atoms with E-state index in [-0.39, 0.29) is 0 Å². The summed E-state index contributed by atoms with van der Waals surface area (Å²) >= 11 is -1.85. The summed E-state index contributed by atoms with van der Waals surface area (Å²) in [5, 5.41) is 0. The fraction of sp³-hybridized carbons (Fsp3) is 0.571. The molecule has 0 spiro atoms. The molecule has 22 heavy (non-hydrogen) atoms. The number of hydrogen-bond donors (Lipinski definition) is 0. The van der Waals surface area contributed by atoms with Crippen LogP contribution in [0.4, 0.5) is 0 Å². The SMILES string of the molecule is C[O][Ti][C](OC)(OC)c1ccc([C](OC)(OC)[Ti][O]C)cc1. The molecular weight excluding hydrogens is 360 g/mol. The van der Waals surface area contributed by atoms with Gasteiger partial charge < -0.3 is 0 Å². The number of hydrogen-bond acceptors (Lipinski definition) is 6. The van der Waals surface area contributed by atoms with Crippen LogP contribution in [0.2, 0.25) is 0 Å². The van der Waals surface area contributed by atoms with Crippen LogP contribution < -0.4 is 0 Å². The van der Waals surface area contributed by atoms with Crippen molar-refractivity contribution in [3.8, 4) is 0 Å². The van der Waals surface area contributed by atoms with Crippen molar-refractivity contribution in [2.24, 2.45) is 0 Å². The predicted molar refractivity (Wildman–Crippen MR) is 71.9 cm³/mol. The quantitative estimate of drug-likeness (QED) is 0.455. The van der Waals surface area contributed by atoms with Crippen molar-refractivity contribution >= 4 is 0 Å². The molecule has 0 unspecified atom stereocenters. The Morgan fingerprint density at radius 1 is 0.591 bits per heavy atom. The maximum atomic E-state index is 5.57. The Kier molecular flexibility index (Phi) is 8.97. The van der Waals surface area contributed by atoms with Crippen LogP contribution in [-0.4, -0.2) is 42.7 Å². The van der Waals surface area contributed by atoms with E-state index in [1.807, 2.05) is 24.3 Å². The number of rotatable bonds is 10. The zero-order valence-electron chi connectivity index (χ0n) is 13.8. The van der Waals surface area contributed by atoms with Crippen LogP contribution in [0.3, 0.4) is 0 Å². The van der Waals surface area contributed by atoms with Gasteiger partial charge in [-0.25, -0.2) is 0 Å². The van der Waals surface area contributed by atoms with E-state index in [0.717, 1.165) is 11.1 Å². The molecule has 0 saturated heterocycles. The third-order valence-electron chi connectivity index (χ3n) is 3.27. The van der Waals surface area contributed by atoms with Crippen LogP contribution in [0, 0.1) is 0 Å². The molecule has 0 bridgehead atoms. The van der Waals surface area contributed by atoms with Gasteiger partial charge in [-0.1, -0.05) is 0 Å². The van der Waals surface area contributed by atoms with Crippen LogP contribution in [-0.2, 0) is 72.9 Å². The Hall–Kier alpha value is 0.409. The molecule has 122 valence electrons. The van der Waals surface area contributed by atoms with Crippen LogP contribution in [0.25, 0.3) is 0 Å². The molecule has 1 aromatic carbocycles. The topological polar surface area (TPSA) is 55.4 Å². The van der Waals surface area contributed by atoms with Crippen molar-refractivity contribution in [1.82, 2.24) is 0 Å². The maximum absolute atomic E-state index is 5.57. The average Bonchev–Trinajstić information content (AvgIpc) is 2.58. The fourth-order valence-corrected chi connectivity index (χ4v) is 4.35. The van der Waals surface area contributed by atoms with Gasteiger partial charge >= 0.3 is 151 Å². The van der Waals surface area contributed by atoms with Gasteiger partial charge in [0.15, 0.2) is 0 Å². The molecule has 0 heterocycles. The Bertz CT molecular complexity index is 390. The molecule has 0 amide bonds. The molecule has 1 rings (SSSR count). The van der Waals surface area contributed by atoms with E-state index in [4.69, 9.17) is 25.6 Å². The molecule has 0 aliphatic rings. The Morgan fingerprint density at radius 3 is 1.05 bits per heavy atom. The number of methoxy groups -OCH3 is 4. The second kappa shape index (κ2) is 9.64. The molecule has 0 fully saturated rings. The zero-order valence-corrected chi connectivity index (χ0v) is 16.9. The van der Waals surface area contributed by atoms with Crippen molar-refractivity contribution in [1.29, 1.82) is 0 Å². The van der Waals surface area contributed by atoms with Crippen molar-refractivity contribution in [3.63, 3.8) is 0 Å². The summed E-state index contributed by atoms with van der Waals surface area (Å²) < 4.78 is 31.3. The monoisotopic (exact) mass is 382 g/mol. The van der Waals surface area contributed by atoms with Crippen LogP contribution in [0.5, 0.6) is 0 Å². The number of benzene rings is 1. The Labute approximate surface area is 150 Å². The van der Waals surface area contributed by atoms with Gasteiger partial charge in [-0.3, -0.25) is 0 Å². The third kappa shape index (κ3) is 4.27. The molecule has 0 N–H and O–H groups in total. The zero-order chi connectivity index (χ0) is 16.6. The summed E-state index contributed by atoms with van der Waals surface area (Å²) in [6.45, 7) is 0. The molecule has 0 aliphatic heterocycles. The van der Waals surface area contributed by atoms with Crippen molar-refractivity contribution < 1.29 is 64.7 Å². The van der Waals surface area contributed by atoms with E-state index < -0.39 is 47.3 Å². The van der Waals surface area contributed by atoms with Gasteiger partial charge in [0, 0.05) is 0 Å². The molecule has 0 radical (unpaired) electrons. The first-order valence-corrected chi connectivity index (χ1v) is 9.33. The first-order chi connectivity index (χ1) is 10.6. The number of ether oxygens (including phenoxy) is 4. The molecule has 1 aromatic rings. The molecule has 0 aromatic heterocycles. The van der Waals surface area contributed by atoms with Gasteiger partial charge in [-0.15, -0.1) is 0 Å². The summed E-state index contributed by atoms with van der Waals surface area (Å²) in [4.78, 5) is 0. The van der Waals surface area contributed by atoms with Gasteiger partial charge in [0.25, 0.3) is 0 Å². The molecule has 0 atom stereocenters. The second-order valence-corrected chi connectivity index (χ2v) is 8.21. The minimum atomic E-state index is -0.926. The molecule has 0 aliphatic carbocycles. The van der Waals surface area contributed by atoms with Gasteiger partial charge in [0.2, 0.25) is 0 Å². The standard InChI is InChI=1S/C12H16O4.2CH3O.2Ti/c1-13-11(14-2)9-5-7-10(8-6-9)12(15-3)16-4;2*1-2;;/h5-8H,1-4H3;2*1H3;;/q;2*-1;2*+1. The van der Waals surface area contributed by atoms with Crippen LogP contribution in [0.15, 0.2) is 24.3 Å².